The molecule has 14 heavy (non-hydrogen) atoms. The van der Waals surface area contributed by atoms with Crippen LogP contribution in [-0.2, 0) is 0 Å². The maximum absolute atomic E-state index is 2.33. The fourth-order valence-electron chi connectivity index (χ4n) is 1.31. The summed E-state index contributed by atoms with van der Waals surface area (Å²) in [5.41, 5.74) is 0.525. The summed E-state index contributed by atoms with van der Waals surface area (Å²) >= 11 is 2.09. The van der Waals surface area contributed by atoms with E-state index in [1.165, 1.54) is 31.4 Å². The fourth-order valence-corrected chi connectivity index (χ4v) is 2.27. The molecule has 0 N–H and O–H groups in total. The van der Waals surface area contributed by atoms with Crippen LogP contribution in [0, 0.1) is 5.41 Å². The fraction of sp³-hybridized carbons (Fsp3) is 1.00. The molecule has 0 nitrogen and oxygen atoms in total. The van der Waals surface area contributed by atoms with E-state index in [1.54, 1.807) is 0 Å². The topological polar surface area (TPSA) is 0 Å². The maximum atomic E-state index is 2.33. The highest BCUT2D eigenvalue weighted by atomic mass is 32.2. The van der Waals surface area contributed by atoms with Gasteiger partial charge in [-0.2, -0.15) is 11.8 Å². The zero-order valence-electron chi connectivity index (χ0n) is 10.9. The number of unbranched alkanes of at least 4 members (excludes halogenated alkanes) is 2. The smallest absolute Gasteiger partial charge is 0.00750 e. The lowest BCUT2D eigenvalue weighted by atomic mass is 9.90. The van der Waals surface area contributed by atoms with Gasteiger partial charge >= 0.3 is 0 Å². The van der Waals surface area contributed by atoms with Crippen molar-refractivity contribution in [3.05, 3.63) is 0 Å². The second-order valence-electron chi connectivity index (χ2n) is 6.33. The van der Waals surface area contributed by atoms with Crippen LogP contribution >= 0.6 is 11.8 Å². The van der Waals surface area contributed by atoms with Crippen LogP contribution in [0.15, 0.2) is 0 Å². The highest BCUT2D eigenvalue weighted by molar-refractivity contribution is 8.00. The molecule has 0 saturated heterocycles. The normalized spacial score (nSPS) is 13.3. The lowest BCUT2D eigenvalue weighted by molar-refractivity contribution is 0.360. The largest absolute Gasteiger partial charge is 0.156 e. The van der Waals surface area contributed by atoms with Crippen molar-refractivity contribution in [1.29, 1.82) is 0 Å². The van der Waals surface area contributed by atoms with Gasteiger partial charge in [0.05, 0.1) is 0 Å². The van der Waals surface area contributed by atoms with Crippen LogP contribution in [0.4, 0.5) is 0 Å². The molecule has 0 aromatic heterocycles. The Hall–Kier alpha value is 0.350. The molecular formula is C13H28S. The van der Waals surface area contributed by atoms with Crippen molar-refractivity contribution in [2.45, 2.75) is 72.0 Å². The summed E-state index contributed by atoms with van der Waals surface area (Å²) < 4.78 is 0.448. The Morgan fingerprint density at radius 3 is 1.79 bits per heavy atom. The summed E-state index contributed by atoms with van der Waals surface area (Å²) in [6.45, 7) is 13.9. The average Bonchev–Trinajstić information content (AvgIpc) is 1.92. The Kier molecular flexibility index (Phi) is 6.20. The molecule has 0 rings (SSSR count). The van der Waals surface area contributed by atoms with Crippen LogP contribution in [0.3, 0.4) is 0 Å². The molecule has 0 amide bonds. The van der Waals surface area contributed by atoms with E-state index < -0.39 is 0 Å². The number of thioether (sulfide) groups is 1. The van der Waals surface area contributed by atoms with Gasteiger partial charge in [0.15, 0.2) is 0 Å². The SMILES string of the molecule is CC(C)(C)CCCCCSC(C)(C)C. The molecule has 0 bridgehead atoms. The maximum Gasteiger partial charge on any atom is 0.00750 e. The van der Waals surface area contributed by atoms with Crippen LogP contribution in [0.1, 0.15) is 67.2 Å². The predicted molar refractivity (Wildman–Crippen MR) is 70.1 cm³/mol. The Balaban J connectivity index is 3.23. The van der Waals surface area contributed by atoms with E-state index >= 15 is 0 Å². The van der Waals surface area contributed by atoms with Crippen molar-refractivity contribution < 1.29 is 0 Å². The Labute approximate surface area is 95.2 Å². The molecule has 0 fully saturated rings. The van der Waals surface area contributed by atoms with E-state index in [9.17, 15) is 0 Å². The zero-order valence-corrected chi connectivity index (χ0v) is 11.8. The molecule has 0 aromatic rings. The first-order valence-corrected chi connectivity index (χ1v) is 6.83. The molecule has 0 aromatic carbocycles. The average molecular weight is 216 g/mol. The van der Waals surface area contributed by atoms with Crippen LogP contribution in [0.25, 0.3) is 0 Å². The summed E-state index contributed by atoms with van der Waals surface area (Å²) in [5, 5.41) is 0. The molecule has 0 saturated carbocycles. The zero-order chi connectivity index (χ0) is 11.2. The van der Waals surface area contributed by atoms with Gasteiger partial charge in [-0.3, -0.25) is 0 Å². The number of hydrogen-bond donors (Lipinski definition) is 0. The molecule has 86 valence electrons. The Morgan fingerprint density at radius 1 is 0.786 bits per heavy atom. The van der Waals surface area contributed by atoms with Gasteiger partial charge in [0, 0.05) is 4.75 Å². The summed E-state index contributed by atoms with van der Waals surface area (Å²) in [7, 11) is 0. The Bertz CT molecular complexity index is 118. The second kappa shape index (κ2) is 6.05. The minimum absolute atomic E-state index is 0.448. The lowest BCUT2D eigenvalue weighted by Gasteiger charge is -2.19. The van der Waals surface area contributed by atoms with Gasteiger partial charge in [-0.1, -0.05) is 54.4 Å². The summed E-state index contributed by atoms with van der Waals surface area (Å²) in [6, 6.07) is 0. The van der Waals surface area contributed by atoms with E-state index in [2.05, 4.69) is 53.3 Å². The third-order valence-corrected chi connectivity index (χ3v) is 3.47. The van der Waals surface area contributed by atoms with Crippen LogP contribution in [0.2, 0.25) is 0 Å². The summed E-state index contributed by atoms with van der Waals surface area (Å²) in [4.78, 5) is 0. The van der Waals surface area contributed by atoms with Crippen molar-refractivity contribution in [1.82, 2.24) is 0 Å². The molecule has 0 atom stereocenters. The highest BCUT2D eigenvalue weighted by Gasteiger charge is 2.11. The van der Waals surface area contributed by atoms with Crippen molar-refractivity contribution in [3.8, 4) is 0 Å². The molecular weight excluding hydrogens is 188 g/mol. The molecule has 0 unspecified atom stereocenters. The molecule has 0 aliphatic carbocycles. The summed E-state index contributed by atoms with van der Waals surface area (Å²) in [5.74, 6) is 1.33. The van der Waals surface area contributed by atoms with E-state index in [-0.39, 0.29) is 0 Å². The summed E-state index contributed by atoms with van der Waals surface area (Å²) in [6.07, 6.45) is 5.56. The lowest BCUT2D eigenvalue weighted by Crippen LogP contribution is -2.08. The molecule has 0 heterocycles. The first-order valence-electron chi connectivity index (χ1n) is 5.85. The Morgan fingerprint density at radius 2 is 1.36 bits per heavy atom. The standard InChI is InChI=1S/C13H28S/c1-12(2,3)10-8-7-9-11-14-13(4,5)6/h7-11H2,1-6H3. The molecule has 0 radical (unpaired) electrons. The van der Waals surface area contributed by atoms with E-state index in [0.717, 1.165) is 0 Å². The van der Waals surface area contributed by atoms with Gasteiger partial charge < -0.3 is 0 Å². The van der Waals surface area contributed by atoms with Crippen LogP contribution in [0.5, 0.6) is 0 Å². The third kappa shape index (κ3) is 12.3. The number of hydrogen-bond acceptors (Lipinski definition) is 1. The quantitative estimate of drug-likeness (QED) is 0.574. The van der Waals surface area contributed by atoms with E-state index in [4.69, 9.17) is 0 Å². The van der Waals surface area contributed by atoms with E-state index in [1.807, 2.05) is 0 Å². The third-order valence-electron chi connectivity index (χ3n) is 2.11. The molecule has 1 heteroatoms. The van der Waals surface area contributed by atoms with Gasteiger partial charge in [0.1, 0.15) is 0 Å². The molecule has 0 aliphatic rings. The minimum Gasteiger partial charge on any atom is -0.156 e. The second-order valence-corrected chi connectivity index (χ2v) is 8.25. The van der Waals surface area contributed by atoms with Crippen molar-refractivity contribution in [3.63, 3.8) is 0 Å². The first kappa shape index (κ1) is 14.3. The monoisotopic (exact) mass is 216 g/mol. The van der Waals surface area contributed by atoms with Crippen LogP contribution < -0.4 is 0 Å². The van der Waals surface area contributed by atoms with Crippen LogP contribution in [-0.4, -0.2) is 10.5 Å². The van der Waals surface area contributed by atoms with Crippen molar-refractivity contribution in [2.24, 2.45) is 5.41 Å². The highest BCUT2D eigenvalue weighted by Crippen LogP contribution is 2.26. The van der Waals surface area contributed by atoms with Gasteiger partial charge in [0.25, 0.3) is 0 Å². The first-order chi connectivity index (χ1) is 6.21. The number of rotatable bonds is 5. The minimum atomic E-state index is 0.448. The van der Waals surface area contributed by atoms with E-state index in [0.29, 0.717) is 10.2 Å². The molecule has 0 aliphatic heterocycles. The van der Waals surface area contributed by atoms with Crippen molar-refractivity contribution in [2.75, 3.05) is 5.75 Å². The molecule has 0 spiro atoms. The van der Waals surface area contributed by atoms with Gasteiger partial charge in [-0.05, 0) is 24.0 Å². The van der Waals surface area contributed by atoms with Gasteiger partial charge in [-0.15, -0.1) is 0 Å². The van der Waals surface area contributed by atoms with Gasteiger partial charge in [0.2, 0.25) is 0 Å². The predicted octanol–water partition coefficient (Wildman–Crippen LogP) is 5.12. The van der Waals surface area contributed by atoms with Gasteiger partial charge in [-0.25, -0.2) is 0 Å². The van der Waals surface area contributed by atoms with Crippen molar-refractivity contribution >= 4 is 11.8 Å².